The van der Waals surface area contributed by atoms with Gasteiger partial charge in [-0.15, -0.1) is 0 Å². The number of ether oxygens (including phenoxy) is 2. The maximum Gasteiger partial charge on any atom is 0.168 e. The smallest absolute Gasteiger partial charge is 0.168 e. The molecule has 1 fully saturated rings. The molecular formula is C14H20FNO2. The monoisotopic (exact) mass is 253 g/mol. The second kappa shape index (κ2) is 5.67. The van der Waals surface area contributed by atoms with E-state index in [-0.39, 0.29) is 17.0 Å². The van der Waals surface area contributed by atoms with Crippen molar-refractivity contribution in [3.05, 3.63) is 29.6 Å². The minimum atomic E-state index is -0.279. The van der Waals surface area contributed by atoms with E-state index in [9.17, 15) is 4.39 Å². The van der Waals surface area contributed by atoms with Gasteiger partial charge in [-0.1, -0.05) is 12.1 Å². The molecule has 0 saturated carbocycles. The summed E-state index contributed by atoms with van der Waals surface area (Å²) in [7, 11) is 1.48. The van der Waals surface area contributed by atoms with Gasteiger partial charge in [0.05, 0.1) is 13.7 Å². The van der Waals surface area contributed by atoms with Crippen LogP contribution in [0.1, 0.15) is 18.4 Å². The molecule has 1 aromatic rings. The lowest BCUT2D eigenvalue weighted by Crippen LogP contribution is -2.40. The molecule has 1 aliphatic heterocycles. The van der Waals surface area contributed by atoms with Crippen LogP contribution in [-0.4, -0.2) is 26.9 Å². The molecule has 1 aromatic carbocycles. The lowest BCUT2D eigenvalue weighted by molar-refractivity contribution is -0.00305. The van der Waals surface area contributed by atoms with Crippen molar-refractivity contribution in [2.45, 2.75) is 19.3 Å². The molecule has 1 heterocycles. The van der Waals surface area contributed by atoms with E-state index in [1.807, 2.05) is 6.07 Å². The van der Waals surface area contributed by atoms with Crippen LogP contribution in [0.15, 0.2) is 18.2 Å². The first-order valence-electron chi connectivity index (χ1n) is 6.30. The van der Waals surface area contributed by atoms with Crippen LogP contribution in [0.2, 0.25) is 0 Å². The molecule has 100 valence electrons. The van der Waals surface area contributed by atoms with E-state index in [1.54, 1.807) is 12.1 Å². The van der Waals surface area contributed by atoms with Gasteiger partial charge in [0.1, 0.15) is 0 Å². The second-order valence-electron chi connectivity index (χ2n) is 4.97. The summed E-state index contributed by atoms with van der Waals surface area (Å²) in [5, 5.41) is 0. The summed E-state index contributed by atoms with van der Waals surface area (Å²) in [6.07, 6.45) is 2.58. The number of halogens is 1. The highest BCUT2D eigenvalue weighted by Crippen LogP contribution is 2.33. The summed E-state index contributed by atoms with van der Waals surface area (Å²) in [5.41, 5.74) is 6.40. The van der Waals surface area contributed by atoms with Gasteiger partial charge in [0.15, 0.2) is 11.6 Å². The van der Waals surface area contributed by atoms with Crippen LogP contribution in [0, 0.1) is 11.2 Å². The van der Waals surface area contributed by atoms with Crippen LogP contribution >= 0.6 is 0 Å². The van der Waals surface area contributed by atoms with Crippen molar-refractivity contribution in [2.24, 2.45) is 11.1 Å². The van der Waals surface area contributed by atoms with Crippen molar-refractivity contribution in [3.8, 4) is 5.75 Å². The van der Waals surface area contributed by atoms with Crippen molar-refractivity contribution < 1.29 is 13.9 Å². The second-order valence-corrected chi connectivity index (χ2v) is 4.97. The molecule has 0 bridgehead atoms. The quantitative estimate of drug-likeness (QED) is 0.894. The molecule has 1 atom stereocenters. The van der Waals surface area contributed by atoms with Crippen LogP contribution in [0.4, 0.5) is 4.39 Å². The standard InChI is InChI=1S/C14H20FNO2/c1-17-12-5-2-4-11(13(12)15)8-14(9-16)6-3-7-18-10-14/h2,4-5H,3,6-10,16H2,1H3. The Bertz CT molecular complexity index is 403. The van der Waals surface area contributed by atoms with E-state index in [0.29, 0.717) is 25.1 Å². The molecule has 0 radical (unpaired) electrons. The summed E-state index contributed by atoms with van der Waals surface area (Å²) in [6.45, 7) is 1.91. The van der Waals surface area contributed by atoms with Crippen molar-refractivity contribution >= 4 is 0 Å². The van der Waals surface area contributed by atoms with Gasteiger partial charge in [-0.05, 0) is 30.9 Å². The minimum Gasteiger partial charge on any atom is -0.494 e. The van der Waals surface area contributed by atoms with E-state index in [0.717, 1.165) is 19.4 Å². The van der Waals surface area contributed by atoms with Crippen molar-refractivity contribution in [2.75, 3.05) is 26.9 Å². The number of nitrogens with two attached hydrogens (primary N) is 1. The Hall–Kier alpha value is -1.13. The molecule has 0 aromatic heterocycles. The number of methoxy groups -OCH3 is 1. The fourth-order valence-corrected chi connectivity index (χ4v) is 2.54. The van der Waals surface area contributed by atoms with Crippen LogP contribution in [0.3, 0.4) is 0 Å². The molecule has 0 spiro atoms. The van der Waals surface area contributed by atoms with Gasteiger partial charge in [0.25, 0.3) is 0 Å². The largest absolute Gasteiger partial charge is 0.494 e. The summed E-state index contributed by atoms with van der Waals surface area (Å²) >= 11 is 0. The Morgan fingerprint density at radius 2 is 2.33 bits per heavy atom. The SMILES string of the molecule is COc1cccc(CC2(CN)CCCOC2)c1F. The Morgan fingerprint density at radius 3 is 2.94 bits per heavy atom. The zero-order valence-corrected chi connectivity index (χ0v) is 10.7. The van der Waals surface area contributed by atoms with E-state index < -0.39 is 0 Å². The van der Waals surface area contributed by atoms with E-state index in [1.165, 1.54) is 7.11 Å². The molecule has 2 N–H and O–H groups in total. The molecule has 1 saturated heterocycles. The molecule has 1 unspecified atom stereocenters. The van der Waals surface area contributed by atoms with Crippen LogP contribution < -0.4 is 10.5 Å². The molecule has 0 aliphatic carbocycles. The third kappa shape index (κ3) is 2.65. The summed E-state index contributed by atoms with van der Waals surface area (Å²) in [6, 6.07) is 5.24. The lowest BCUT2D eigenvalue weighted by atomic mass is 9.77. The fourth-order valence-electron chi connectivity index (χ4n) is 2.54. The first-order valence-corrected chi connectivity index (χ1v) is 6.30. The molecule has 3 nitrogen and oxygen atoms in total. The topological polar surface area (TPSA) is 44.5 Å². The van der Waals surface area contributed by atoms with Gasteiger partial charge < -0.3 is 15.2 Å². The Morgan fingerprint density at radius 1 is 1.50 bits per heavy atom. The van der Waals surface area contributed by atoms with Crippen LogP contribution in [0.25, 0.3) is 0 Å². The zero-order chi connectivity index (χ0) is 13.0. The molecule has 1 aliphatic rings. The minimum absolute atomic E-state index is 0.133. The van der Waals surface area contributed by atoms with E-state index in [4.69, 9.17) is 15.2 Å². The summed E-state index contributed by atoms with van der Waals surface area (Å²) in [4.78, 5) is 0. The molecule has 0 amide bonds. The average molecular weight is 253 g/mol. The number of hydrogen-bond donors (Lipinski definition) is 1. The molecule has 4 heteroatoms. The maximum atomic E-state index is 14.1. The normalized spacial score (nSPS) is 23.9. The highest BCUT2D eigenvalue weighted by atomic mass is 19.1. The first kappa shape index (κ1) is 13.3. The van der Waals surface area contributed by atoms with Gasteiger partial charge >= 0.3 is 0 Å². The van der Waals surface area contributed by atoms with Crippen LogP contribution in [0.5, 0.6) is 5.75 Å². The maximum absolute atomic E-state index is 14.1. The predicted octanol–water partition coefficient (Wildman–Crippen LogP) is 2.13. The van der Waals surface area contributed by atoms with E-state index in [2.05, 4.69) is 0 Å². The molecule has 18 heavy (non-hydrogen) atoms. The first-order chi connectivity index (χ1) is 8.71. The van der Waals surface area contributed by atoms with E-state index >= 15 is 0 Å². The van der Waals surface area contributed by atoms with Gasteiger partial charge in [-0.2, -0.15) is 0 Å². The average Bonchev–Trinajstić information content (AvgIpc) is 2.42. The van der Waals surface area contributed by atoms with Gasteiger partial charge in [-0.25, -0.2) is 4.39 Å². The third-order valence-electron chi connectivity index (χ3n) is 3.67. The highest BCUT2D eigenvalue weighted by molar-refractivity contribution is 5.31. The molecular weight excluding hydrogens is 233 g/mol. The van der Waals surface area contributed by atoms with Gasteiger partial charge in [-0.3, -0.25) is 0 Å². The van der Waals surface area contributed by atoms with Crippen molar-refractivity contribution in [3.63, 3.8) is 0 Å². The Kier molecular flexibility index (Phi) is 4.19. The predicted molar refractivity (Wildman–Crippen MR) is 68.2 cm³/mol. The third-order valence-corrected chi connectivity index (χ3v) is 3.67. The highest BCUT2D eigenvalue weighted by Gasteiger charge is 2.32. The summed E-state index contributed by atoms with van der Waals surface area (Å²) in [5.74, 6) is 0.00907. The van der Waals surface area contributed by atoms with Crippen molar-refractivity contribution in [1.29, 1.82) is 0 Å². The lowest BCUT2D eigenvalue weighted by Gasteiger charge is -2.36. The fraction of sp³-hybridized carbons (Fsp3) is 0.571. The molecule has 2 rings (SSSR count). The Labute approximate surface area is 107 Å². The number of benzene rings is 1. The van der Waals surface area contributed by atoms with Gasteiger partial charge in [0, 0.05) is 18.6 Å². The van der Waals surface area contributed by atoms with Crippen molar-refractivity contribution in [1.82, 2.24) is 0 Å². The van der Waals surface area contributed by atoms with Gasteiger partial charge in [0.2, 0.25) is 0 Å². The number of rotatable bonds is 4. The zero-order valence-electron chi connectivity index (χ0n) is 10.7. The number of hydrogen-bond acceptors (Lipinski definition) is 3. The summed E-state index contributed by atoms with van der Waals surface area (Å²) < 4.78 is 24.6. The van der Waals surface area contributed by atoms with Crippen LogP contribution in [-0.2, 0) is 11.2 Å². The Balaban J connectivity index is 2.21.